The van der Waals surface area contributed by atoms with Gasteiger partial charge in [-0.1, -0.05) is 6.07 Å². The molecule has 0 aromatic heterocycles. The summed E-state index contributed by atoms with van der Waals surface area (Å²) in [5, 5.41) is 0. The predicted molar refractivity (Wildman–Crippen MR) is 65.2 cm³/mol. The maximum Gasteiger partial charge on any atom is 0.161 e. The average molecular weight is 236 g/mol. The molecule has 0 atom stereocenters. The van der Waals surface area contributed by atoms with E-state index in [1.165, 1.54) is 6.26 Å². The highest BCUT2D eigenvalue weighted by atomic mass is 16.5. The summed E-state index contributed by atoms with van der Waals surface area (Å²) < 4.78 is 15.4. The summed E-state index contributed by atoms with van der Waals surface area (Å²) in [6.45, 7) is 2.37. The molecule has 0 amide bonds. The molecule has 92 valence electrons. The van der Waals surface area contributed by atoms with Crippen LogP contribution in [0.2, 0.25) is 0 Å². The maximum atomic E-state index is 10.9. The Morgan fingerprint density at radius 1 is 1.24 bits per heavy atom. The van der Waals surface area contributed by atoms with E-state index in [0.29, 0.717) is 23.7 Å². The fraction of sp³-hybridized carbons (Fsp3) is 0.308. The molecule has 4 nitrogen and oxygen atoms in total. The topological polar surface area (TPSA) is 44.8 Å². The minimum absolute atomic E-state index is 0.466. The molecule has 0 heterocycles. The van der Waals surface area contributed by atoms with Crippen LogP contribution in [0.3, 0.4) is 0 Å². The highest BCUT2D eigenvalue weighted by Gasteiger charge is 2.07. The Kier molecular flexibility index (Phi) is 5.07. The maximum absolute atomic E-state index is 10.9. The van der Waals surface area contributed by atoms with Crippen molar-refractivity contribution in [3.05, 3.63) is 30.0 Å². The van der Waals surface area contributed by atoms with Crippen LogP contribution in [0.1, 0.15) is 12.5 Å². The van der Waals surface area contributed by atoms with E-state index >= 15 is 0 Å². The van der Waals surface area contributed by atoms with Gasteiger partial charge in [-0.25, -0.2) is 0 Å². The standard InChI is InChI=1S/C13H16O4/c1-4-17-9-11(8-14)10-5-6-12(15-2)13(7-10)16-3/h5-9H,4H2,1-3H3/b11-9+. The van der Waals surface area contributed by atoms with Crippen LogP contribution < -0.4 is 9.47 Å². The number of benzene rings is 1. The Bertz CT molecular complexity index is 410. The molecule has 17 heavy (non-hydrogen) atoms. The molecular formula is C13H16O4. The van der Waals surface area contributed by atoms with Crippen molar-refractivity contribution in [1.82, 2.24) is 0 Å². The highest BCUT2D eigenvalue weighted by Crippen LogP contribution is 2.29. The number of hydrogen-bond donors (Lipinski definition) is 0. The first-order chi connectivity index (χ1) is 8.26. The van der Waals surface area contributed by atoms with Gasteiger partial charge >= 0.3 is 0 Å². The van der Waals surface area contributed by atoms with Crippen LogP contribution in [0.4, 0.5) is 0 Å². The van der Waals surface area contributed by atoms with E-state index in [4.69, 9.17) is 14.2 Å². The van der Waals surface area contributed by atoms with Gasteiger partial charge in [0.2, 0.25) is 0 Å². The summed E-state index contributed by atoms with van der Waals surface area (Å²) in [5.74, 6) is 1.20. The van der Waals surface area contributed by atoms with Gasteiger partial charge in [-0.2, -0.15) is 0 Å². The smallest absolute Gasteiger partial charge is 0.161 e. The van der Waals surface area contributed by atoms with Gasteiger partial charge in [0.05, 0.1) is 32.7 Å². The molecule has 0 aliphatic rings. The third-order valence-corrected chi connectivity index (χ3v) is 2.22. The van der Waals surface area contributed by atoms with E-state index in [2.05, 4.69) is 0 Å². The number of methoxy groups -OCH3 is 2. The van der Waals surface area contributed by atoms with Crippen molar-refractivity contribution in [2.45, 2.75) is 6.92 Å². The predicted octanol–water partition coefficient (Wildman–Crippen LogP) is 2.28. The molecule has 0 N–H and O–H groups in total. The van der Waals surface area contributed by atoms with E-state index < -0.39 is 0 Å². The van der Waals surface area contributed by atoms with E-state index in [-0.39, 0.29) is 0 Å². The van der Waals surface area contributed by atoms with Crippen molar-refractivity contribution >= 4 is 11.9 Å². The lowest BCUT2D eigenvalue weighted by Crippen LogP contribution is -1.94. The molecule has 0 radical (unpaired) electrons. The lowest BCUT2D eigenvalue weighted by atomic mass is 10.1. The van der Waals surface area contributed by atoms with Gasteiger partial charge in [0.1, 0.15) is 0 Å². The second kappa shape index (κ2) is 6.58. The SMILES string of the molecule is CCO/C=C(\C=O)c1ccc(OC)c(OC)c1. The second-order valence-corrected chi connectivity index (χ2v) is 3.22. The Balaban J connectivity index is 3.09. The third-order valence-electron chi connectivity index (χ3n) is 2.22. The molecule has 4 heteroatoms. The zero-order valence-electron chi connectivity index (χ0n) is 10.2. The molecule has 1 aromatic rings. The van der Waals surface area contributed by atoms with E-state index in [0.717, 1.165) is 11.8 Å². The van der Waals surface area contributed by atoms with Crippen LogP contribution >= 0.6 is 0 Å². The van der Waals surface area contributed by atoms with Crippen molar-refractivity contribution < 1.29 is 19.0 Å². The van der Waals surface area contributed by atoms with Crippen LogP contribution in [-0.4, -0.2) is 27.1 Å². The molecule has 0 saturated carbocycles. The van der Waals surface area contributed by atoms with Gasteiger partial charge in [0, 0.05) is 0 Å². The van der Waals surface area contributed by atoms with Crippen molar-refractivity contribution in [3.8, 4) is 11.5 Å². The first-order valence-corrected chi connectivity index (χ1v) is 5.26. The van der Waals surface area contributed by atoms with Gasteiger partial charge in [0.25, 0.3) is 0 Å². The fourth-order valence-corrected chi connectivity index (χ4v) is 1.35. The van der Waals surface area contributed by atoms with Gasteiger partial charge < -0.3 is 14.2 Å². The first kappa shape index (κ1) is 13.1. The lowest BCUT2D eigenvalue weighted by Gasteiger charge is -2.09. The van der Waals surface area contributed by atoms with E-state index in [1.54, 1.807) is 32.4 Å². The van der Waals surface area contributed by atoms with Crippen LogP contribution in [0.15, 0.2) is 24.5 Å². The highest BCUT2D eigenvalue weighted by molar-refractivity contribution is 6.06. The summed E-state index contributed by atoms with van der Waals surface area (Å²) in [5.41, 5.74) is 1.19. The Hall–Kier alpha value is -1.97. The molecule has 0 unspecified atom stereocenters. The first-order valence-electron chi connectivity index (χ1n) is 5.26. The normalized spacial score (nSPS) is 10.9. The number of carbonyl (C=O) groups is 1. The molecular weight excluding hydrogens is 220 g/mol. The number of carbonyl (C=O) groups excluding carboxylic acids is 1. The number of ether oxygens (including phenoxy) is 3. The number of rotatable bonds is 6. The van der Waals surface area contributed by atoms with E-state index in [9.17, 15) is 4.79 Å². The lowest BCUT2D eigenvalue weighted by molar-refractivity contribution is -0.103. The van der Waals surface area contributed by atoms with Crippen molar-refractivity contribution in [3.63, 3.8) is 0 Å². The molecule has 0 spiro atoms. The second-order valence-electron chi connectivity index (χ2n) is 3.22. The molecule has 0 fully saturated rings. The third kappa shape index (κ3) is 3.24. The summed E-state index contributed by atoms with van der Waals surface area (Å²) in [4.78, 5) is 10.9. The van der Waals surface area contributed by atoms with Crippen molar-refractivity contribution in [2.75, 3.05) is 20.8 Å². The summed E-state index contributed by atoms with van der Waals surface area (Å²) in [7, 11) is 3.11. The molecule has 0 aliphatic carbocycles. The molecule has 0 aliphatic heterocycles. The number of aldehydes is 1. The molecule has 1 rings (SSSR count). The molecule has 0 bridgehead atoms. The van der Waals surface area contributed by atoms with Crippen LogP contribution in [-0.2, 0) is 9.53 Å². The summed E-state index contributed by atoms with van der Waals surface area (Å²) >= 11 is 0. The fourth-order valence-electron chi connectivity index (χ4n) is 1.35. The van der Waals surface area contributed by atoms with Crippen LogP contribution in [0, 0.1) is 0 Å². The number of allylic oxidation sites excluding steroid dienone is 1. The molecule has 0 saturated heterocycles. The van der Waals surface area contributed by atoms with Gasteiger partial charge in [0.15, 0.2) is 17.8 Å². The summed E-state index contributed by atoms with van der Waals surface area (Å²) in [6, 6.07) is 5.26. The monoisotopic (exact) mass is 236 g/mol. The Morgan fingerprint density at radius 2 is 1.94 bits per heavy atom. The molecule has 1 aromatic carbocycles. The zero-order valence-corrected chi connectivity index (χ0v) is 10.2. The Morgan fingerprint density at radius 3 is 2.47 bits per heavy atom. The largest absolute Gasteiger partial charge is 0.501 e. The average Bonchev–Trinajstić information content (AvgIpc) is 2.39. The van der Waals surface area contributed by atoms with Crippen LogP contribution in [0.5, 0.6) is 11.5 Å². The minimum atomic E-state index is 0.466. The van der Waals surface area contributed by atoms with Gasteiger partial charge in [-0.15, -0.1) is 0 Å². The van der Waals surface area contributed by atoms with Crippen LogP contribution in [0.25, 0.3) is 5.57 Å². The van der Waals surface area contributed by atoms with Gasteiger partial charge in [-0.3, -0.25) is 4.79 Å². The Labute approximate surface area is 101 Å². The quantitative estimate of drug-likeness (QED) is 0.432. The zero-order chi connectivity index (χ0) is 12.7. The van der Waals surface area contributed by atoms with Crippen molar-refractivity contribution in [1.29, 1.82) is 0 Å². The summed E-state index contributed by atoms with van der Waals surface area (Å²) in [6.07, 6.45) is 2.19. The van der Waals surface area contributed by atoms with E-state index in [1.807, 2.05) is 6.92 Å². The number of hydrogen-bond acceptors (Lipinski definition) is 4. The van der Waals surface area contributed by atoms with Gasteiger partial charge in [-0.05, 0) is 24.6 Å². The minimum Gasteiger partial charge on any atom is -0.501 e. The van der Waals surface area contributed by atoms with Crippen molar-refractivity contribution in [2.24, 2.45) is 0 Å².